The quantitative estimate of drug-likeness (QED) is 0.466. The molecule has 120 valence electrons. The van der Waals surface area contributed by atoms with Gasteiger partial charge in [-0.2, -0.15) is 0 Å². The van der Waals surface area contributed by atoms with Gasteiger partial charge in [0.15, 0.2) is 5.17 Å². The molecule has 0 aliphatic heterocycles. The van der Waals surface area contributed by atoms with E-state index in [1.165, 1.54) is 17.3 Å². The fourth-order valence-corrected chi connectivity index (χ4v) is 2.87. The van der Waals surface area contributed by atoms with Gasteiger partial charge in [-0.1, -0.05) is 66.4 Å². The van der Waals surface area contributed by atoms with E-state index >= 15 is 0 Å². The molecule has 0 spiro atoms. The minimum absolute atomic E-state index is 0.121. The van der Waals surface area contributed by atoms with Crippen LogP contribution < -0.4 is 11.1 Å². The summed E-state index contributed by atoms with van der Waals surface area (Å²) in [7, 11) is 0. The Morgan fingerprint density at radius 2 is 1.61 bits per heavy atom. The lowest BCUT2D eigenvalue weighted by molar-refractivity contribution is 0.847. The topological polar surface area (TPSA) is 85.8 Å². The van der Waals surface area contributed by atoms with Crippen LogP contribution in [0.25, 0.3) is 0 Å². The predicted octanol–water partition coefficient (Wildman–Crippen LogP) is 3.17. The summed E-state index contributed by atoms with van der Waals surface area (Å²) in [5, 5.41) is 18.7. The van der Waals surface area contributed by atoms with Crippen LogP contribution in [0.5, 0.6) is 0 Å². The van der Waals surface area contributed by atoms with Crippen LogP contribution in [-0.4, -0.2) is 17.5 Å². The van der Waals surface area contributed by atoms with Crippen molar-refractivity contribution in [3.05, 3.63) is 71.3 Å². The van der Waals surface area contributed by atoms with Crippen LogP contribution in [0.4, 0.5) is 0 Å². The van der Waals surface area contributed by atoms with E-state index in [1.54, 1.807) is 0 Å². The number of hydrogen-bond donors (Lipinski definition) is 4. The average molecular weight is 326 g/mol. The molecule has 2 aromatic rings. The van der Waals surface area contributed by atoms with Crippen molar-refractivity contribution in [2.24, 2.45) is 5.73 Å². The van der Waals surface area contributed by atoms with Gasteiger partial charge in [0, 0.05) is 18.7 Å². The highest BCUT2D eigenvalue weighted by molar-refractivity contribution is 8.13. The van der Waals surface area contributed by atoms with E-state index in [-0.39, 0.29) is 5.17 Å². The van der Waals surface area contributed by atoms with Gasteiger partial charge in [0.1, 0.15) is 0 Å². The molecular weight excluding hydrogens is 304 g/mol. The SMILES string of the molecule is N=C(Cc1ccccc1CSC(=N)N)NCCc1ccccc1. The molecule has 0 bridgehead atoms. The first-order valence-corrected chi connectivity index (χ1v) is 8.52. The van der Waals surface area contributed by atoms with Gasteiger partial charge in [-0.3, -0.25) is 10.8 Å². The Labute approximate surface area is 141 Å². The van der Waals surface area contributed by atoms with E-state index in [9.17, 15) is 0 Å². The number of nitrogens with one attached hydrogen (secondary N) is 3. The molecule has 0 aromatic heterocycles. The van der Waals surface area contributed by atoms with Gasteiger partial charge < -0.3 is 11.1 Å². The lowest BCUT2D eigenvalue weighted by Gasteiger charge is -2.11. The second-order valence-corrected chi connectivity index (χ2v) is 6.26. The summed E-state index contributed by atoms with van der Waals surface area (Å²) in [4.78, 5) is 0. The number of amidine groups is 2. The molecule has 0 atom stereocenters. The summed E-state index contributed by atoms with van der Waals surface area (Å²) < 4.78 is 0. The molecule has 5 N–H and O–H groups in total. The van der Waals surface area contributed by atoms with Gasteiger partial charge in [-0.15, -0.1) is 0 Å². The maximum Gasteiger partial charge on any atom is 0.151 e. The third kappa shape index (κ3) is 6.16. The van der Waals surface area contributed by atoms with Gasteiger partial charge >= 0.3 is 0 Å². The first-order valence-electron chi connectivity index (χ1n) is 7.54. The Hall–Kier alpha value is -2.27. The standard InChI is InChI=1S/C18H22N4S/c19-17(22-11-10-14-6-2-1-3-7-14)12-15-8-4-5-9-16(15)13-23-18(20)21/h1-9H,10-13H2,(H2,19,22)(H3,20,21). The summed E-state index contributed by atoms with van der Waals surface area (Å²) in [6.07, 6.45) is 1.48. The maximum atomic E-state index is 8.12. The van der Waals surface area contributed by atoms with E-state index in [0.29, 0.717) is 18.0 Å². The second-order valence-electron chi connectivity index (χ2n) is 5.24. The van der Waals surface area contributed by atoms with E-state index in [0.717, 1.165) is 24.1 Å². The molecule has 4 nitrogen and oxygen atoms in total. The minimum atomic E-state index is 0.121. The largest absolute Gasteiger partial charge is 0.379 e. The van der Waals surface area contributed by atoms with Gasteiger partial charge in [0.05, 0.1) is 5.84 Å². The number of thioether (sulfide) groups is 1. The monoisotopic (exact) mass is 326 g/mol. The Kier molecular flexibility index (Phi) is 6.69. The lowest BCUT2D eigenvalue weighted by atomic mass is 10.1. The summed E-state index contributed by atoms with van der Waals surface area (Å²) in [5.41, 5.74) is 8.91. The molecule has 5 heteroatoms. The molecular formula is C18H22N4S. The van der Waals surface area contributed by atoms with Gasteiger partial charge in [0.25, 0.3) is 0 Å². The molecule has 0 saturated heterocycles. The van der Waals surface area contributed by atoms with Crippen molar-refractivity contribution in [2.45, 2.75) is 18.6 Å². The third-order valence-electron chi connectivity index (χ3n) is 3.46. The first kappa shape index (κ1) is 17.1. The van der Waals surface area contributed by atoms with E-state index in [2.05, 4.69) is 17.4 Å². The third-order valence-corrected chi connectivity index (χ3v) is 4.23. The van der Waals surface area contributed by atoms with Crippen LogP contribution in [0.1, 0.15) is 16.7 Å². The minimum Gasteiger partial charge on any atom is -0.379 e. The molecule has 0 aliphatic rings. The molecule has 0 heterocycles. The summed E-state index contributed by atoms with van der Waals surface area (Å²) >= 11 is 1.31. The van der Waals surface area contributed by atoms with Crippen molar-refractivity contribution < 1.29 is 0 Å². The van der Waals surface area contributed by atoms with Crippen molar-refractivity contribution in [2.75, 3.05) is 6.54 Å². The maximum absolute atomic E-state index is 8.12. The molecule has 0 aliphatic carbocycles. The first-order chi connectivity index (χ1) is 11.1. The Morgan fingerprint density at radius 3 is 2.30 bits per heavy atom. The predicted molar refractivity (Wildman–Crippen MR) is 99.2 cm³/mol. The van der Waals surface area contributed by atoms with Crippen molar-refractivity contribution in [3.63, 3.8) is 0 Å². The zero-order valence-corrected chi connectivity index (χ0v) is 13.8. The van der Waals surface area contributed by atoms with Crippen LogP contribution >= 0.6 is 11.8 Å². The molecule has 2 rings (SSSR count). The van der Waals surface area contributed by atoms with Crippen LogP contribution in [0.3, 0.4) is 0 Å². The fraction of sp³-hybridized carbons (Fsp3) is 0.222. The number of hydrogen-bond acceptors (Lipinski definition) is 3. The summed E-state index contributed by atoms with van der Waals surface area (Å²) in [6, 6.07) is 18.3. The molecule has 2 aromatic carbocycles. The second kappa shape index (κ2) is 9.00. The van der Waals surface area contributed by atoms with Crippen LogP contribution in [-0.2, 0) is 18.6 Å². The van der Waals surface area contributed by atoms with E-state index in [4.69, 9.17) is 16.6 Å². The smallest absolute Gasteiger partial charge is 0.151 e. The Morgan fingerprint density at radius 1 is 0.957 bits per heavy atom. The molecule has 23 heavy (non-hydrogen) atoms. The highest BCUT2D eigenvalue weighted by Gasteiger charge is 2.06. The molecule has 0 radical (unpaired) electrons. The molecule has 0 unspecified atom stereocenters. The van der Waals surface area contributed by atoms with Crippen molar-refractivity contribution >= 4 is 22.8 Å². The zero-order chi connectivity index (χ0) is 16.5. The molecule has 0 saturated carbocycles. The normalized spacial score (nSPS) is 10.3. The van der Waals surface area contributed by atoms with E-state index < -0.39 is 0 Å². The zero-order valence-electron chi connectivity index (χ0n) is 13.0. The summed E-state index contributed by atoms with van der Waals surface area (Å²) in [6.45, 7) is 0.757. The van der Waals surface area contributed by atoms with Crippen molar-refractivity contribution in [1.82, 2.24) is 5.32 Å². The van der Waals surface area contributed by atoms with Crippen LogP contribution in [0, 0.1) is 10.8 Å². The van der Waals surface area contributed by atoms with Crippen molar-refractivity contribution in [1.29, 1.82) is 10.8 Å². The van der Waals surface area contributed by atoms with Crippen molar-refractivity contribution in [3.8, 4) is 0 Å². The Balaban J connectivity index is 1.84. The number of nitrogens with two attached hydrogens (primary N) is 1. The average Bonchev–Trinajstić information content (AvgIpc) is 2.55. The fourth-order valence-electron chi connectivity index (χ4n) is 2.28. The number of benzene rings is 2. The van der Waals surface area contributed by atoms with Gasteiger partial charge in [0.2, 0.25) is 0 Å². The lowest BCUT2D eigenvalue weighted by Crippen LogP contribution is -2.27. The van der Waals surface area contributed by atoms with Gasteiger partial charge in [-0.25, -0.2) is 0 Å². The van der Waals surface area contributed by atoms with Crippen LogP contribution in [0.15, 0.2) is 54.6 Å². The van der Waals surface area contributed by atoms with Crippen LogP contribution in [0.2, 0.25) is 0 Å². The summed E-state index contributed by atoms with van der Waals surface area (Å²) in [5.74, 6) is 1.18. The van der Waals surface area contributed by atoms with E-state index in [1.807, 2.05) is 42.5 Å². The highest BCUT2D eigenvalue weighted by Crippen LogP contribution is 2.16. The molecule has 0 amide bonds. The number of rotatable bonds is 7. The highest BCUT2D eigenvalue weighted by atomic mass is 32.2. The molecule has 0 fully saturated rings. The Bertz CT molecular complexity index is 655. The van der Waals surface area contributed by atoms with Gasteiger partial charge in [-0.05, 0) is 23.1 Å².